The normalized spacial score (nSPS) is 13.6. The number of nitrogens with two attached hydrogens (primary N) is 1. The maximum atomic E-state index is 6.29. The number of rotatable bonds is 6. The highest BCUT2D eigenvalue weighted by Gasteiger charge is 2.12. The van der Waals surface area contributed by atoms with Gasteiger partial charge in [-0.15, -0.1) is 0 Å². The highest BCUT2D eigenvalue weighted by molar-refractivity contribution is 5.72. The third-order valence-electron chi connectivity index (χ3n) is 4.65. The van der Waals surface area contributed by atoms with Gasteiger partial charge in [0, 0.05) is 11.6 Å². The highest BCUT2D eigenvalue weighted by Crippen LogP contribution is 2.25. The van der Waals surface area contributed by atoms with Gasteiger partial charge in [-0.25, -0.2) is 9.97 Å². The Hall–Kier alpha value is -3.41. The van der Waals surface area contributed by atoms with E-state index >= 15 is 0 Å². The zero-order chi connectivity index (χ0) is 19.9. The summed E-state index contributed by atoms with van der Waals surface area (Å²) in [6.45, 7) is 8.13. The van der Waals surface area contributed by atoms with Gasteiger partial charge in [-0.3, -0.25) is 5.10 Å². The fourth-order valence-electron chi connectivity index (χ4n) is 3.02. The summed E-state index contributed by atoms with van der Waals surface area (Å²) in [6, 6.07) is 8.52. The summed E-state index contributed by atoms with van der Waals surface area (Å²) in [4.78, 5) is 8.99. The first kappa shape index (κ1) is 19.4. The van der Waals surface area contributed by atoms with Crippen LogP contribution >= 0.6 is 0 Å². The summed E-state index contributed by atoms with van der Waals surface area (Å²) in [5.41, 5.74) is 10.4. The van der Waals surface area contributed by atoms with Crippen LogP contribution in [0.5, 0.6) is 0 Å². The van der Waals surface area contributed by atoms with Crippen molar-refractivity contribution in [3.05, 3.63) is 77.9 Å². The Balaban J connectivity index is 2.00. The molecule has 144 valence electrons. The molecule has 0 radical (unpaired) electrons. The fraction of sp³-hybridized carbons (Fsp3) is 0.227. The number of aryl methyl sites for hydroxylation is 1. The molecule has 0 aliphatic heterocycles. The minimum Gasteiger partial charge on any atom is -0.383 e. The molecule has 0 saturated carbocycles. The number of hydrogen-bond acceptors (Lipinski definition) is 5. The van der Waals surface area contributed by atoms with Gasteiger partial charge >= 0.3 is 0 Å². The van der Waals surface area contributed by atoms with Crippen molar-refractivity contribution in [1.29, 1.82) is 0 Å². The number of hydrogen-bond donors (Lipinski definition) is 3. The Labute approximate surface area is 165 Å². The van der Waals surface area contributed by atoms with Crippen LogP contribution in [-0.2, 0) is 6.42 Å². The number of aromatic nitrogens is 4. The Morgan fingerprint density at radius 1 is 1.39 bits per heavy atom. The fourth-order valence-corrected chi connectivity index (χ4v) is 3.02. The average molecular weight is 374 g/mol. The number of allylic oxidation sites excluding steroid dienone is 4. The number of benzene rings is 1. The Morgan fingerprint density at radius 2 is 2.25 bits per heavy atom. The molecule has 1 aliphatic rings. The number of anilines is 2. The van der Waals surface area contributed by atoms with E-state index in [4.69, 9.17) is 5.73 Å². The standard InChI is InChI=1S/C22H26N6/c1-4-16-9-8-12-18(13-16)15(3)26-22-19(5-2)20(23)27-21(28-25-14-24-22)17-10-6-7-11-17/h5-10,12-15,26H,2,4,11H2,1,3H3,(H,24,25)(H2,23,27,28). The second-order valence-electron chi connectivity index (χ2n) is 6.57. The van der Waals surface area contributed by atoms with Gasteiger partial charge in [0.15, 0.2) is 5.82 Å². The minimum atomic E-state index is 0.0317. The van der Waals surface area contributed by atoms with Crippen molar-refractivity contribution in [1.82, 2.24) is 20.2 Å². The molecular formula is C22H26N6. The zero-order valence-electron chi connectivity index (χ0n) is 16.3. The van der Waals surface area contributed by atoms with Crippen LogP contribution in [0.3, 0.4) is 0 Å². The van der Waals surface area contributed by atoms with Crippen molar-refractivity contribution < 1.29 is 0 Å². The van der Waals surface area contributed by atoms with Crippen molar-refractivity contribution >= 4 is 23.3 Å². The van der Waals surface area contributed by atoms with Gasteiger partial charge in [0.2, 0.25) is 0 Å². The van der Waals surface area contributed by atoms with Crippen molar-refractivity contribution in [2.75, 3.05) is 11.1 Å². The van der Waals surface area contributed by atoms with E-state index in [0.29, 0.717) is 23.0 Å². The Bertz CT molecular complexity index is 969. The molecule has 1 aliphatic carbocycles. The average Bonchev–Trinajstić information content (AvgIpc) is 3.26. The molecule has 0 saturated heterocycles. The molecule has 1 aromatic carbocycles. The number of nitrogen functional groups attached to an aromatic ring is 1. The largest absolute Gasteiger partial charge is 0.383 e. The number of nitrogens with zero attached hydrogens (tertiary/aromatic N) is 3. The van der Waals surface area contributed by atoms with Crippen LogP contribution in [0.4, 0.5) is 11.6 Å². The molecule has 0 bridgehead atoms. The summed E-state index contributed by atoms with van der Waals surface area (Å²) in [5.74, 6) is 1.45. The monoisotopic (exact) mass is 374 g/mol. The SMILES string of the molecule is C=Cc1c(N)nc(C2=CC=CC2)n[nH]cnc1NC(C)c1cccc(CC)c1. The van der Waals surface area contributed by atoms with E-state index in [0.717, 1.165) is 18.4 Å². The van der Waals surface area contributed by atoms with Crippen LogP contribution in [0, 0.1) is 0 Å². The van der Waals surface area contributed by atoms with E-state index < -0.39 is 0 Å². The quantitative estimate of drug-likeness (QED) is 0.686. The van der Waals surface area contributed by atoms with Gasteiger partial charge in [0.25, 0.3) is 0 Å². The number of aromatic amines is 1. The molecule has 0 spiro atoms. The second-order valence-corrected chi connectivity index (χ2v) is 6.57. The van der Waals surface area contributed by atoms with Crippen LogP contribution < -0.4 is 11.1 Å². The molecule has 3 rings (SSSR count). The van der Waals surface area contributed by atoms with E-state index in [1.54, 1.807) is 6.08 Å². The molecule has 28 heavy (non-hydrogen) atoms. The summed E-state index contributed by atoms with van der Waals surface area (Å²) < 4.78 is 0. The van der Waals surface area contributed by atoms with Crippen LogP contribution in [0.2, 0.25) is 0 Å². The molecular weight excluding hydrogens is 348 g/mol. The predicted octanol–water partition coefficient (Wildman–Crippen LogP) is 4.63. The highest BCUT2D eigenvalue weighted by atomic mass is 15.2. The first-order valence-electron chi connectivity index (χ1n) is 9.40. The molecule has 0 fully saturated rings. The maximum absolute atomic E-state index is 6.29. The zero-order valence-corrected chi connectivity index (χ0v) is 16.3. The van der Waals surface area contributed by atoms with Crippen LogP contribution in [-0.4, -0.2) is 20.2 Å². The molecule has 1 atom stereocenters. The van der Waals surface area contributed by atoms with E-state index in [-0.39, 0.29) is 6.04 Å². The third kappa shape index (κ3) is 4.46. The van der Waals surface area contributed by atoms with E-state index in [1.807, 2.05) is 18.2 Å². The van der Waals surface area contributed by atoms with Crippen LogP contribution in [0.15, 0.2) is 55.4 Å². The van der Waals surface area contributed by atoms with E-state index in [2.05, 4.69) is 70.2 Å². The lowest BCUT2D eigenvalue weighted by atomic mass is 10.0. The maximum Gasteiger partial charge on any atom is 0.177 e. The first-order chi connectivity index (χ1) is 13.6. The lowest BCUT2D eigenvalue weighted by molar-refractivity contribution is 0.867. The van der Waals surface area contributed by atoms with Crippen molar-refractivity contribution in [2.24, 2.45) is 0 Å². The van der Waals surface area contributed by atoms with Crippen molar-refractivity contribution in [2.45, 2.75) is 32.7 Å². The van der Waals surface area contributed by atoms with E-state index in [9.17, 15) is 0 Å². The minimum absolute atomic E-state index is 0.0317. The molecule has 0 amide bonds. The molecule has 1 unspecified atom stereocenters. The van der Waals surface area contributed by atoms with Gasteiger partial charge in [-0.1, -0.05) is 62.1 Å². The smallest absolute Gasteiger partial charge is 0.177 e. The lowest BCUT2D eigenvalue weighted by Crippen LogP contribution is -2.10. The second kappa shape index (κ2) is 8.99. The molecule has 1 aromatic heterocycles. The van der Waals surface area contributed by atoms with Crippen molar-refractivity contribution in [3.63, 3.8) is 0 Å². The first-order valence-corrected chi connectivity index (χ1v) is 9.40. The molecule has 4 N–H and O–H groups in total. The summed E-state index contributed by atoms with van der Waals surface area (Å²) in [7, 11) is 0. The predicted molar refractivity (Wildman–Crippen MR) is 116 cm³/mol. The Kier molecular flexibility index (Phi) is 6.22. The van der Waals surface area contributed by atoms with Crippen LogP contribution in [0.25, 0.3) is 11.6 Å². The van der Waals surface area contributed by atoms with Crippen LogP contribution in [0.1, 0.15) is 48.8 Å². The van der Waals surface area contributed by atoms with Gasteiger partial charge in [0.05, 0.1) is 5.56 Å². The Morgan fingerprint density at radius 3 is 2.96 bits per heavy atom. The lowest BCUT2D eigenvalue weighted by Gasteiger charge is -2.17. The van der Waals surface area contributed by atoms with Gasteiger partial charge < -0.3 is 11.1 Å². The molecule has 6 nitrogen and oxygen atoms in total. The molecule has 1 heterocycles. The summed E-state index contributed by atoms with van der Waals surface area (Å²) in [5, 5.41) is 10.6. The van der Waals surface area contributed by atoms with Gasteiger partial charge in [-0.05, 0) is 30.9 Å². The summed E-state index contributed by atoms with van der Waals surface area (Å²) >= 11 is 0. The third-order valence-corrected chi connectivity index (χ3v) is 4.65. The van der Waals surface area contributed by atoms with Gasteiger partial charge in [0.1, 0.15) is 18.0 Å². The molecule has 6 heteroatoms. The van der Waals surface area contributed by atoms with E-state index in [1.165, 1.54) is 17.5 Å². The number of H-pyrrole nitrogens is 1. The van der Waals surface area contributed by atoms with Gasteiger partial charge in [-0.2, -0.15) is 5.10 Å². The number of nitrogens with one attached hydrogen (secondary N) is 2. The topological polar surface area (TPSA) is 92.5 Å². The summed E-state index contributed by atoms with van der Waals surface area (Å²) in [6.07, 6.45) is 11.0. The molecule has 2 aromatic rings. The van der Waals surface area contributed by atoms with Crippen molar-refractivity contribution in [3.8, 4) is 0 Å².